The minimum atomic E-state index is -0.794. The largest absolute Gasteiger partial charge is 0.426 e. The first-order valence-electron chi connectivity index (χ1n) is 3.81. The van der Waals surface area contributed by atoms with E-state index in [9.17, 15) is 9.59 Å². The summed E-state index contributed by atoms with van der Waals surface area (Å²) >= 11 is 0. The summed E-state index contributed by atoms with van der Waals surface area (Å²) in [5.74, 6) is -1.04. The summed E-state index contributed by atoms with van der Waals surface area (Å²) in [6.45, 7) is 6.19. The Bertz CT molecular complexity index is 174. The van der Waals surface area contributed by atoms with Crippen molar-refractivity contribution in [1.82, 2.24) is 0 Å². The molecule has 0 spiro atoms. The number of esters is 2. The quantitative estimate of drug-likeness (QED) is 0.474. The van der Waals surface area contributed by atoms with Crippen LogP contribution in [0.2, 0.25) is 0 Å². The van der Waals surface area contributed by atoms with Crippen LogP contribution in [0.15, 0.2) is 0 Å². The Balaban J connectivity index is 3.76. The lowest BCUT2D eigenvalue weighted by Crippen LogP contribution is -2.23. The molecule has 4 heteroatoms. The minimum Gasteiger partial charge on any atom is -0.426 e. The molecule has 4 nitrogen and oxygen atoms in total. The molecule has 0 aliphatic rings. The molecular formula is C8H14O4. The third-order valence-electron chi connectivity index (χ3n) is 1.09. The number of carbonyl (C=O) groups is 2. The van der Waals surface area contributed by atoms with Crippen molar-refractivity contribution >= 4 is 11.9 Å². The molecule has 0 unspecified atom stereocenters. The normalized spacial score (nSPS) is 12.4. The van der Waals surface area contributed by atoms with Crippen molar-refractivity contribution in [2.45, 2.75) is 34.0 Å². The fraction of sp³-hybridized carbons (Fsp3) is 0.750. The van der Waals surface area contributed by atoms with Crippen molar-refractivity contribution < 1.29 is 19.1 Å². The van der Waals surface area contributed by atoms with Gasteiger partial charge in [0.25, 0.3) is 0 Å². The molecule has 0 aromatic rings. The van der Waals surface area contributed by atoms with Gasteiger partial charge in [-0.05, 0) is 0 Å². The second-order valence-electron chi connectivity index (χ2n) is 2.77. The summed E-state index contributed by atoms with van der Waals surface area (Å²) in [5, 5.41) is 0. The van der Waals surface area contributed by atoms with Crippen molar-refractivity contribution in [3.63, 3.8) is 0 Å². The van der Waals surface area contributed by atoms with Crippen LogP contribution in [0, 0.1) is 5.92 Å². The van der Waals surface area contributed by atoms with E-state index in [4.69, 9.17) is 4.74 Å². The molecule has 0 radical (unpaired) electrons. The third-order valence-corrected chi connectivity index (χ3v) is 1.09. The number of carbonyl (C=O) groups excluding carboxylic acids is 2. The summed E-state index contributed by atoms with van der Waals surface area (Å²) in [6, 6.07) is 0. The Morgan fingerprint density at radius 3 is 1.92 bits per heavy atom. The van der Waals surface area contributed by atoms with Crippen LogP contribution in [-0.2, 0) is 19.1 Å². The van der Waals surface area contributed by atoms with Gasteiger partial charge in [0.2, 0.25) is 6.29 Å². The van der Waals surface area contributed by atoms with E-state index in [1.54, 1.807) is 13.8 Å². The van der Waals surface area contributed by atoms with Gasteiger partial charge in [-0.2, -0.15) is 0 Å². The van der Waals surface area contributed by atoms with Gasteiger partial charge in [-0.1, -0.05) is 13.8 Å². The lowest BCUT2D eigenvalue weighted by atomic mass is 10.2. The Labute approximate surface area is 71.8 Å². The highest BCUT2D eigenvalue weighted by Gasteiger charge is 2.14. The maximum Gasteiger partial charge on any atom is 0.311 e. The molecule has 0 aromatic carbocycles. The van der Waals surface area contributed by atoms with Gasteiger partial charge in [0.15, 0.2) is 0 Å². The first kappa shape index (κ1) is 10.9. The summed E-state index contributed by atoms with van der Waals surface area (Å²) in [5.41, 5.74) is 0. The second-order valence-corrected chi connectivity index (χ2v) is 2.77. The van der Waals surface area contributed by atoms with Gasteiger partial charge >= 0.3 is 11.9 Å². The molecule has 0 aliphatic heterocycles. The van der Waals surface area contributed by atoms with E-state index < -0.39 is 12.3 Å². The molecule has 70 valence electrons. The van der Waals surface area contributed by atoms with Crippen LogP contribution in [0.4, 0.5) is 0 Å². The van der Waals surface area contributed by atoms with Crippen LogP contribution in [0.5, 0.6) is 0 Å². The monoisotopic (exact) mass is 174 g/mol. The van der Waals surface area contributed by atoms with E-state index in [0.29, 0.717) is 0 Å². The number of ether oxygens (including phenoxy) is 2. The summed E-state index contributed by atoms with van der Waals surface area (Å²) in [7, 11) is 0. The lowest BCUT2D eigenvalue weighted by molar-refractivity contribution is -0.185. The van der Waals surface area contributed by atoms with Gasteiger partial charge in [-0.3, -0.25) is 9.59 Å². The molecule has 1 atom stereocenters. The maximum absolute atomic E-state index is 10.9. The Hall–Kier alpha value is -1.06. The van der Waals surface area contributed by atoms with E-state index >= 15 is 0 Å². The Morgan fingerprint density at radius 1 is 1.08 bits per heavy atom. The minimum absolute atomic E-state index is 0.206. The fourth-order valence-electron chi connectivity index (χ4n) is 0.557. The summed E-state index contributed by atoms with van der Waals surface area (Å²) in [6.07, 6.45) is -0.794. The fourth-order valence-corrected chi connectivity index (χ4v) is 0.557. The highest BCUT2D eigenvalue weighted by molar-refractivity contribution is 5.72. The molecule has 0 bridgehead atoms. The Morgan fingerprint density at radius 2 is 1.58 bits per heavy atom. The molecule has 0 rings (SSSR count). The van der Waals surface area contributed by atoms with E-state index in [1.807, 2.05) is 0 Å². The van der Waals surface area contributed by atoms with Crippen LogP contribution in [0.1, 0.15) is 27.7 Å². The van der Waals surface area contributed by atoms with Gasteiger partial charge in [-0.15, -0.1) is 0 Å². The van der Waals surface area contributed by atoms with E-state index in [0.717, 1.165) is 0 Å². The van der Waals surface area contributed by atoms with Crippen LogP contribution >= 0.6 is 0 Å². The molecule has 0 saturated heterocycles. The molecule has 0 aromatic heterocycles. The van der Waals surface area contributed by atoms with Gasteiger partial charge < -0.3 is 9.47 Å². The van der Waals surface area contributed by atoms with Crippen LogP contribution in [0.3, 0.4) is 0 Å². The predicted octanol–water partition coefficient (Wildman–Crippen LogP) is 1.09. The number of hydrogen-bond donors (Lipinski definition) is 0. The van der Waals surface area contributed by atoms with Crippen LogP contribution in [0.25, 0.3) is 0 Å². The van der Waals surface area contributed by atoms with Crippen molar-refractivity contribution in [1.29, 1.82) is 0 Å². The predicted molar refractivity (Wildman–Crippen MR) is 42.2 cm³/mol. The Kier molecular flexibility index (Phi) is 4.33. The van der Waals surface area contributed by atoms with Gasteiger partial charge in [0, 0.05) is 13.8 Å². The molecule has 0 saturated carbocycles. The average Bonchev–Trinajstić information content (AvgIpc) is 1.84. The van der Waals surface area contributed by atoms with Crippen molar-refractivity contribution in [3.8, 4) is 0 Å². The molecule has 0 heterocycles. The van der Waals surface area contributed by atoms with Gasteiger partial charge in [0.1, 0.15) is 0 Å². The van der Waals surface area contributed by atoms with Crippen LogP contribution in [-0.4, -0.2) is 18.2 Å². The summed E-state index contributed by atoms with van der Waals surface area (Å²) in [4.78, 5) is 21.3. The van der Waals surface area contributed by atoms with E-state index in [-0.39, 0.29) is 11.9 Å². The highest BCUT2D eigenvalue weighted by atomic mass is 16.7. The standard InChI is InChI=1S/C8H14O4/c1-5(2)8(10)12-7(4)11-6(3)9/h5,7H,1-4H3/t7-/m0/s1. The van der Waals surface area contributed by atoms with Gasteiger partial charge in [0.05, 0.1) is 5.92 Å². The molecule has 0 amide bonds. The van der Waals surface area contributed by atoms with Crippen LogP contribution < -0.4 is 0 Å². The van der Waals surface area contributed by atoms with Crippen molar-refractivity contribution in [3.05, 3.63) is 0 Å². The molecule has 0 N–H and O–H groups in total. The molecule has 0 aliphatic carbocycles. The zero-order chi connectivity index (χ0) is 9.72. The van der Waals surface area contributed by atoms with Crippen molar-refractivity contribution in [2.24, 2.45) is 5.92 Å². The lowest BCUT2D eigenvalue weighted by Gasteiger charge is -2.13. The SMILES string of the molecule is CC(=O)O[C@H](C)OC(=O)C(C)C. The first-order chi connectivity index (χ1) is 5.43. The topological polar surface area (TPSA) is 52.6 Å². The smallest absolute Gasteiger partial charge is 0.311 e. The van der Waals surface area contributed by atoms with Crippen molar-refractivity contribution in [2.75, 3.05) is 0 Å². The molecular weight excluding hydrogens is 160 g/mol. The van der Waals surface area contributed by atoms with E-state index in [2.05, 4.69) is 4.74 Å². The average molecular weight is 174 g/mol. The second kappa shape index (κ2) is 4.74. The number of hydrogen-bond acceptors (Lipinski definition) is 4. The van der Waals surface area contributed by atoms with Gasteiger partial charge in [-0.25, -0.2) is 0 Å². The molecule has 12 heavy (non-hydrogen) atoms. The zero-order valence-electron chi connectivity index (χ0n) is 7.79. The third kappa shape index (κ3) is 4.71. The first-order valence-corrected chi connectivity index (χ1v) is 3.81. The van der Waals surface area contributed by atoms with E-state index in [1.165, 1.54) is 13.8 Å². The summed E-state index contributed by atoms with van der Waals surface area (Å²) < 4.78 is 9.33. The maximum atomic E-state index is 10.9. The molecule has 0 fully saturated rings. The highest BCUT2D eigenvalue weighted by Crippen LogP contribution is 2.01. The number of rotatable bonds is 3. The zero-order valence-corrected chi connectivity index (χ0v) is 7.79.